The molecule has 9 heteroatoms. The number of rotatable bonds is 6. The molecule has 0 fully saturated rings. The molecule has 0 spiro atoms. The lowest BCUT2D eigenvalue weighted by Crippen LogP contribution is -2.41. The number of thioether (sulfide) groups is 1. The Balaban J connectivity index is 1.60. The van der Waals surface area contributed by atoms with Crippen molar-refractivity contribution in [2.24, 2.45) is 0 Å². The molecule has 0 radical (unpaired) electrons. The van der Waals surface area contributed by atoms with Crippen LogP contribution >= 0.6 is 11.8 Å². The number of nitrogens with one attached hydrogen (secondary N) is 2. The molecule has 0 aliphatic carbocycles. The van der Waals surface area contributed by atoms with E-state index in [0.717, 1.165) is 17.1 Å². The number of aromatic nitrogens is 3. The second kappa shape index (κ2) is 8.74. The highest BCUT2D eigenvalue weighted by Gasteiger charge is 2.37. The van der Waals surface area contributed by atoms with E-state index in [4.69, 9.17) is 4.74 Å². The standard InChI is InChI=1S/C21H22FN5O2S/c1-3-17-24-25-21-27(17)26-18(13-5-7-14(22)8-6-13)19(30-21)20(28)23-15-9-11-16(12-10-15)29-4-2/h5-12,18-19,26H,3-4H2,1-2H3,(H,23,28). The Kier molecular flexibility index (Phi) is 5.89. The number of benzene rings is 2. The van der Waals surface area contributed by atoms with Gasteiger partial charge in [-0.25, -0.2) is 9.07 Å². The molecule has 0 bridgehead atoms. The molecule has 2 unspecified atom stereocenters. The van der Waals surface area contributed by atoms with Gasteiger partial charge in [-0.05, 0) is 48.9 Å². The van der Waals surface area contributed by atoms with Gasteiger partial charge in [0.25, 0.3) is 0 Å². The lowest BCUT2D eigenvalue weighted by atomic mass is 10.0. The molecule has 4 rings (SSSR count). The van der Waals surface area contributed by atoms with E-state index >= 15 is 0 Å². The van der Waals surface area contributed by atoms with Gasteiger partial charge in [0.2, 0.25) is 11.1 Å². The SMILES string of the molecule is CCOc1ccc(NC(=O)C2Sc3nnc(CC)n3NC2c2ccc(F)cc2)cc1. The van der Waals surface area contributed by atoms with E-state index in [-0.39, 0.29) is 17.8 Å². The Labute approximate surface area is 178 Å². The van der Waals surface area contributed by atoms with E-state index in [9.17, 15) is 9.18 Å². The molecule has 1 aliphatic heterocycles. The highest BCUT2D eigenvalue weighted by molar-refractivity contribution is 8.00. The quantitative estimate of drug-likeness (QED) is 0.623. The third-order valence-corrected chi connectivity index (χ3v) is 5.96. The van der Waals surface area contributed by atoms with Crippen molar-refractivity contribution in [3.8, 4) is 5.75 Å². The van der Waals surface area contributed by atoms with Gasteiger partial charge in [0, 0.05) is 12.1 Å². The van der Waals surface area contributed by atoms with Crippen molar-refractivity contribution in [1.29, 1.82) is 0 Å². The van der Waals surface area contributed by atoms with Crippen LogP contribution in [0.5, 0.6) is 5.75 Å². The number of carbonyl (C=O) groups excluding carboxylic acids is 1. The predicted octanol–water partition coefficient (Wildman–Crippen LogP) is 3.78. The molecule has 0 saturated carbocycles. The number of fused-ring (bicyclic) bond motifs is 1. The van der Waals surface area contributed by atoms with Crippen LogP contribution in [0.3, 0.4) is 0 Å². The van der Waals surface area contributed by atoms with Crippen LogP contribution in [0.4, 0.5) is 10.1 Å². The second-order valence-corrected chi connectivity index (χ2v) is 7.84. The average Bonchev–Trinajstić information content (AvgIpc) is 3.17. The van der Waals surface area contributed by atoms with E-state index in [0.29, 0.717) is 23.9 Å². The molecule has 0 saturated heterocycles. The zero-order chi connectivity index (χ0) is 21.1. The summed E-state index contributed by atoms with van der Waals surface area (Å²) in [7, 11) is 0. The van der Waals surface area contributed by atoms with E-state index in [1.54, 1.807) is 28.9 Å². The Morgan fingerprint density at radius 1 is 1.17 bits per heavy atom. The van der Waals surface area contributed by atoms with Crippen molar-refractivity contribution in [2.45, 2.75) is 36.7 Å². The van der Waals surface area contributed by atoms with Gasteiger partial charge >= 0.3 is 0 Å². The van der Waals surface area contributed by atoms with E-state index in [1.165, 1.54) is 23.9 Å². The first-order valence-corrected chi connectivity index (χ1v) is 10.6. The maximum atomic E-state index is 13.5. The fraction of sp³-hybridized carbons (Fsp3) is 0.286. The number of hydrogen-bond donors (Lipinski definition) is 2. The van der Waals surface area contributed by atoms with Crippen LogP contribution < -0.4 is 15.5 Å². The summed E-state index contributed by atoms with van der Waals surface area (Å²) >= 11 is 1.34. The predicted molar refractivity (Wildman–Crippen MR) is 114 cm³/mol. The van der Waals surface area contributed by atoms with Gasteiger partial charge in [-0.2, -0.15) is 0 Å². The number of anilines is 1. The molecule has 2 heterocycles. The van der Waals surface area contributed by atoms with E-state index < -0.39 is 5.25 Å². The molecule has 2 aromatic carbocycles. The molecule has 3 aromatic rings. The van der Waals surface area contributed by atoms with Crippen LogP contribution in [0.1, 0.15) is 31.3 Å². The zero-order valence-electron chi connectivity index (χ0n) is 16.6. The summed E-state index contributed by atoms with van der Waals surface area (Å²) in [6.45, 7) is 4.48. The molecule has 2 N–H and O–H groups in total. The minimum absolute atomic E-state index is 0.182. The third kappa shape index (κ3) is 4.11. The lowest BCUT2D eigenvalue weighted by Gasteiger charge is -2.33. The van der Waals surface area contributed by atoms with Crippen molar-refractivity contribution < 1.29 is 13.9 Å². The Hall–Kier alpha value is -3.07. The molecule has 1 aromatic heterocycles. The van der Waals surface area contributed by atoms with Crippen molar-refractivity contribution in [3.05, 3.63) is 65.7 Å². The molecule has 2 atom stereocenters. The lowest BCUT2D eigenvalue weighted by molar-refractivity contribution is -0.116. The minimum Gasteiger partial charge on any atom is -0.494 e. The molecule has 1 aliphatic rings. The fourth-order valence-corrected chi connectivity index (χ4v) is 4.36. The van der Waals surface area contributed by atoms with Crippen LogP contribution in [0.25, 0.3) is 0 Å². The van der Waals surface area contributed by atoms with Crippen molar-refractivity contribution >= 4 is 23.4 Å². The summed E-state index contributed by atoms with van der Waals surface area (Å²) < 4.78 is 20.7. The topological polar surface area (TPSA) is 81.1 Å². The maximum Gasteiger partial charge on any atom is 0.240 e. The van der Waals surface area contributed by atoms with E-state index in [1.807, 2.05) is 26.0 Å². The summed E-state index contributed by atoms with van der Waals surface area (Å²) in [5.74, 6) is 1.01. The number of aryl methyl sites for hydroxylation is 1. The average molecular weight is 428 g/mol. The number of halogens is 1. The molecule has 1 amide bonds. The second-order valence-electron chi connectivity index (χ2n) is 6.73. The number of carbonyl (C=O) groups is 1. The van der Waals surface area contributed by atoms with Gasteiger partial charge in [0.1, 0.15) is 16.8 Å². The normalized spacial score (nSPS) is 17.7. The molecule has 7 nitrogen and oxygen atoms in total. The number of nitrogens with zero attached hydrogens (tertiary/aromatic N) is 3. The largest absolute Gasteiger partial charge is 0.494 e. The van der Waals surface area contributed by atoms with Gasteiger partial charge in [-0.1, -0.05) is 30.8 Å². The highest BCUT2D eigenvalue weighted by atomic mass is 32.2. The van der Waals surface area contributed by atoms with Crippen molar-refractivity contribution in [1.82, 2.24) is 14.9 Å². The zero-order valence-corrected chi connectivity index (χ0v) is 17.4. The number of amides is 1. The summed E-state index contributed by atoms with van der Waals surface area (Å²) in [5.41, 5.74) is 4.81. The van der Waals surface area contributed by atoms with Gasteiger partial charge in [-0.3, -0.25) is 4.79 Å². The van der Waals surface area contributed by atoms with Crippen LogP contribution in [-0.2, 0) is 11.2 Å². The smallest absolute Gasteiger partial charge is 0.240 e. The summed E-state index contributed by atoms with van der Waals surface area (Å²) in [6.07, 6.45) is 0.694. The highest BCUT2D eigenvalue weighted by Crippen LogP contribution is 2.37. The van der Waals surface area contributed by atoms with Gasteiger partial charge in [0.15, 0.2) is 5.82 Å². The van der Waals surface area contributed by atoms with Crippen molar-refractivity contribution in [2.75, 3.05) is 17.3 Å². The maximum absolute atomic E-state index is 13.5. The third-order valence-electron chi connectivity index (χ3n) is 4.74. The summed E-state index contributed by atoms with van der Waals surface area (Å²) in [5, 5.41) is 11.4. The van der Waals surface area contributed by atoms with E-state index in [2.05, 4.69) is 20.9 Å². The summed E-state index contributed by atoms with van der Waals surface area (Å²) in [6, 6.07) is 13.0. The van der Waals surface area contributed by atoms with Crippen LogP contribution in [0.15, 0.2) is 53.7 Å². The first-order valence-electron chi connectivity index (χ1n) is 9.75. The number of ether oxygens (including phenoxy) is 1. The Morgan fingerprint density at radius 2 is 1.90 bits per heavy atom. The summed E-state index contributed by atoms with van der Waals surface area (Å²) in [4.78, 5) is 13.2. The molecule has 156 valence electrons. The molecule has 30 heavy (non-hydrogen) atoms. The van der Waals surface area contributed by atoms with Gasteiger partial charge in [-0.15, -0.1) is 10.2 Å². The molecular weight excluding hydrogens is 405 g/mol. The first-order chi connectivity index (χ1) is 14.6. The van der Waals surface area contributed by atoms with Gasteiger partial charge in [0.05, 0.1) is 12.6 Å². The van der Waals surface area contributed by atoms with Crippen LogP contribution in [0, 0.1) is 5.82 Å². The monoisotopic (exact) mass is 427 g/mol. The van der Waals surface area contributed by atoms with Gasteiger partial charge < -0.3 is 15.5 Å². The Morgan fingerprint density at radius 3 is 2.57 bits per heavy atom. The first kappa shape index (κ1) is 20.2. The fourth-order valence-electron chi connectivity index (χ4n) is 3.26. The minimum atomic E-state index is -0.525. The van der Waals surface area contributed by atoms with Crippen LogP contribution in [-0.4, -0.2) is 32.6 Å². The number of hydrogen-bond acceptors (Lipinski definition) is 6. The Bertz CT molecular complexity index is 1020. The molecular formula is C21H22FN5O2S. The van der Waals surface area contributed by atoms with Crippen LogP contribution in [0.2, 0.25) is 0 Å². The van der Waals surface area contributed by atoms with Crippen molar-refractivity contribution in [3.63, 3.8) is 0 Å².